The Kier molecular flexibility index (Phi) is 4.06. The molecule has 1 aromatic rings. The molecule has 0 aliphatic carbocycles. The van der Waals surface area contributed by atoms with Gasteiger partial charge in [0.15, 0.2) is 0 Å². The highest BCUT2D eigenvalue weighted by Gasteiger charge is 2.44. The van der Waals surface area contributed by atoms with Crippen molar-refractivity contribution in [3.63, 3.8) is 0 Å². The quantitative estimate of drug-likeness (QED) is 0.766. The number of carbonyl (C=O) groups is 2. The Morgan fingerprint density at radius 1 is 1.25 bits per heavy atom. The van der Waals surface area contributed by atoms with Crippen molar-refractivity contribution < 1.29 is 14.3 Å². The van der Waals surface area contributed by atoms with E-state index < -0.39 is 5.41 Å². The molecule has 2 atom stereocenters. The molecule has 1 aromatic carbocycles. The molecule has 0 saturated carbocycles. The van der Waals surface area contributed by atoms with E-state index in [9.17, 15) is 9.59 Å². The summed E-state index contributed by atoms with van der Waals surface area (Å²) in [6, 6.07) is 6.61. The van der Waals surface area contributed by atoms with Crippen LogP contribution in [-0.2, 0) is 14.3 Å². The fourth-order valence-electron chi connectivity index (χ4n) is 2.04. The van der Waals surface area contributed by atoms with Crippen molar-refractivity contribution in [2.75, 3.05) is 23.8 Å². The Hall–Kier alpha value is -1.92. The molecular formula is C14H19N3O3. The lowest BCUT2D eigenvalue weighted by molar-refractivity contribution is -0.125. The number of nitrogens with two attached hydrogens (primary N) is 1. The number of hydrogen-bond acceptors (Lipinski definition) is 4. The molecule has 2 unspecified atom stereocenters. The maximum absolute atomic E-state index is 12.3. The zero-order valence-electron chi connectivity index (χ0n) is 11.6. The molecule has 0 bridgehead atoms. The molecule has 0 radical (unpaired) electrons. The van der Waals surface area contributed by atoms with Gasteiger partial charge in [-0.15, -0.1) is 0 Å². The van der Waals surface area contributed by atoms with Crippen LogP contribution < -0.4 is 16.4 Å². The molecule has 108 valence electrons. The lowest BCUT2D eigenvalue weighted by Crippen LogP contribution is -2.47. The third kappa shape index (κ3) is 2.97. The first-order valence-corrected chi connectivity index (χ1v) is 6.44. The zero-order chi connectivity index (χ0) is 14.8. The van der Waals surface area contributed by atoms with Crippen molar-refractivity contribution in [2.45, 2.75) is 19.9 Å². The average Bonchev–Trinajstić information content (AvgIpc) is 2.73. The van der Waals surface area contributed by atoms with E-state index in [0.29, 0.717) is 24.6 Å². The molecule has 6 heteroatoms. The van der Waals surface area contributed by atoms with Crippen molar-refractivity contribution >= 4 is 23.2 Å². The SMILES string of the molecule is CC(=O)Nc1ccc(NC(=O)C2(C)COCC2N)cc1. The van der Waals surface area contributed by atoms with Gasteiger partial charge in [0, 0.05) is 24.3 Å². The van der Waals surface area contributed by atoms with E-state index in [2.05, 4.69) is 10.6 Å². The third-order valence-electron chi connectivity index (χ3n) is 3.50. The minimum Gasteiger partial charge on any atom is -0.379 e. The van der Waals surface area contributed by atoms with Gasteiger partial charge in [0.1, 0.15) is 0 Å². The minimum absolute atomic E-state index is 0.136. The van der Waals surface area contributed by atoms with Crippen LogP contribution in [0.1, 0.15) is 13.8 Å². The van der Waals surface area contributed by atoms with E-state index in [4.69, 9.17) is 10.5 Å². The highest BCUT2D eigenvalue weighted by atomic mass is 16.5. The van der Waals surface area contributed by atoms with Crippen LogP contribution in [0.25, 0.3) is 0 Å². The first-order chi connectivity index (χ1) is 9.41. The van der Waals surface area contributed by atoms with Crippen molar-refractivity contribution in [3.05, 3.63) is 24.3 Å². The number of hydrogen-bond donors (Lipinski definition) is 3. The number of nitrogens with one attached hydrogen (secondary N) is 2. The summed E-state index contributed by atoms with van der Waals surface area (Å²) in [6.45, 7) is 3.96. The Bertz CT molecular complexity index is 515. The maximum Gasteiger partial charge on any atom is 0.234 e. The minimum atomic E-state index is -0.712. The standard InChI is InChI=1S/C14H19N3O3/c1-9(18)16-10-3-5-11(6-4-10)17-13(19)14(2)8-20-7-12(14)15/h3-6,12H,7-8,15H2,1-2H3,(H,16,18)(H,17,19). The molecule has 1 fully saturated rings. The summed E-state index contributed by atoms with van der Waals surface area (Å²) in [4.78, 5) is 23.2. The predicted octanol–water partition coefficient (Wildman–Crippen LogP) is 0.947. The average molecular weight is 277 g/mol. The lowest BCUT2D eigenvalue weighted by atomic mass is 9.85. The van der Waals surface area contributed by atoms with E-state index in [0.717, 1.165) is 0 Å². The summed E-state index contributed by atoms with van der Waals surface area (Å²) in [5.41, 5.74) is 6.54. The summed E-state index contributed by atoms with van der Waals surface area (Å²) in [7, 11) is 0. The second kappa shape index (κ2) is 5.60. The zero-order valence-corrected chi connectivity index (χ0v) is 11.6. The van der Waals surface area contributed by atoms with Gasteiger partial charge in [-0.25, -0.2) is 0 Å². The molecule has 20 heavy (non-hydrogen) atoms. The van der Waals surface area contributed by atoms with Gasteiger partial charge in [-0.1, -0.05) is 0 Å². The molecule has 0 spiro atoms. The smallest absolute Gasteiger partial charge is 0.234 e. The molecule has 1 saturated heterocycles. The summed E-state index contributed by atoms with van der Waals surface area (Å²) >= 11 is 0. The second-order valence-electron chi connectivity index (χ2n) is 5.25. The van der Waals surface area contributed by atoms with E-state index in [1.165, 1.54) is 6.92 Å². The molecule has 6 nitrogen and oxygen atoms in total. The largest absolute Gasteiger partial charge is 0.379 e. The van der Waals surface area contributed by atoms with Gasteiger partial charge >= 0.3 is 0 Å². The summed E-state index contributed by atoms with van der Waals surface area (Å²) in [5, 5.41) is 5.49. The van der Waals surface area contributed by atoms with Crippen LogP contribution in [0.4, 0.5) is 11.4 Å². The summed E-state index contributed by atoms with van der Waals surface area (Å²) in [6.07, 6.45) is 0. The number of benzene rings is 1. The Morgan fingerprint density at radius 2 is 1.80 bits per heavy atom. The van der Waals surface area contributed by atoms with Gasteiger partial charge < -0.3 is 21.1 Å². The topological polar surface area (TPSA) is 93.5 Å². The molecule has 1 aliphatic heterocycles. The predicted molar refractivity (Wildman–Crippen MR) is 76.3 cm³/mol. The number of ether oxygens (including phenoxy) is 1. The molecule has 1 aliphatic rings. The van der Waals surface area contributed by atoms with E-state index in [1.54, 1.807) is 31.2 Å². The van der Waals surface area contributed by atoms with Gasteiger partial charge in [-0.05, 0) is 31.2 Å². The molecule has 1 heterocycles. The highest BCUT2D eigenvalue weighted by Crippen LogP contribution is 2.28. The monoisotopic (exact) mass is 277 g/mol. The number of rotatable bonds is 3. The number of amides is 2. The first-order valence-electron chi connectivity index (χ1n) is 6.44. The van der Waals surface area contributed by atoms with Gasteiger partial charge in [0.2, 0.25) is 11.8 Å². The Morgan fingerprint density at radius 3 is 2.25 bits per heavy atom. The van der Waals surface area contributed by atoms with Crippen LogP contribution in [0.2, 0.25) is 0 Å². The lowest BCUT2D eigenvalue weighted by Gasteiger charge is -2.25. The van der Waals surface area contributed by atoms with Crippen LogP contribution in [0.3, 0.4) is 0 Å². The van der Waals surface area contributed by atoms with E-state index in [-0.39, 0.29) is 17.9 Å². The van der Waals surface area contributed by atoms with Crippen molar-refractivity contribution in [2.24, 2.45) is 11.1 Å². The normalized spacial score (nSPS) is 25.2. The first kappa shape index (κ1) is 14.5. The molecule has 0 aromatic heterocycles. The van der Waals surface area contributed by atoms with Crippen molar-refractivity contribution in [1.29, 1.82) is 0 Å². The highest BCUT2D eigenvalue weighted by molar-refractivity contribution is 5.96. The molecule has 2 amide bonds. The summed E-state index contributed by atoms with van der Waals surface area (Å²) < 4.78 is 5.26. The number of carbonyl (C=O) groups excluding carboxylic acids is 2. The van der Waals surface area contributed by atoms with Crippen LogP contribution in [0.15, 0.2) is 24.3 Å². The molecule has 4 N–H and O–H groups in total. The van der Waals surface area contributed by atoms with Gasteiger partial charge in [-0.2, -0.15) is 0 Å². The van der Waals surface area contributed by atoms with Crippen LogP contribution >= 0.6 is 0 Å². The van der Waals surface area contributed by atoms with Gasteiger partial charge in [0.05, 0.1) is 18.6 Å². The third-order valence-corrected chi connectivity index (χ3v) is 3.50. The van der Waals surface area contributed by atoms with E-state index in [1.807, 2.05) is 0 Å². The summed E-state index contributed by atoms with van der Waals surface area (Å²) in [5.74, 6) is -0.293. The number of anilines is 2. The Balaban J connectivity index is 2.03. The maximum atomic E-state index is 12.3. The molecular weight excluding hydrogens is 258 g/mol. The van der Waals surface area contributed by atoms with Crippen LogP contribution in [-0.4, -0.2) is 31.1 Å². The van der Waals surface area contributed by atoms with Crippen molar-refractivity contribution in [1.82, 2.24) is 0 Å². The van der Waals surface area contributed by atoms with Crippen LogP contribution in [0, 0.1) is 5.41 Å². The Labute approximate surface area is 117 Å². The van der Waals surface area contributed by atoms with E-state index >= 15 is 0 Å². The molecule has 2 rings (SSSR count). The van der Waals surface area contributed by atoms with Gasteiger partial charge in [0.25, 0.3) is 0 Å². The fraction of sp³-hybridized carbons (Fsp3) is 0.429. The fourth-order valence-corrected chi connectivity index (χ4v) is 2.04. The second-order valence-corrected chi connectivity index (χ2v) is 5.25. The van der Waals surface area contributed by atoms with Gasteiger partial charge in [-0.3, -0.25) is 9.59 Å². The van der Waals surface area contributed by atoms with Crippen LogP contribution in [0.5, 0.6) is 0 Å². The van der Waals surface area contributed by atoms with Crippen molar-refractivity contribution in [3.8, 4) is 0 Å².